The van der Waals surface area contributed by atoms with Gasteiger partial charge < -0.3 is 19.9 Å². The van der Waals surface area contributed by atoms with Crippen LogP contribution in [-0.4, -0.2) is 48.6 Å². The number of amides is 2. The molecule has 2 aromatic rings. The number of hydrogen-bond acceptors (Lipinski definition) is 5. The Hall–Kier alpha value is -3.29. The van der Waals surface area contributed by atoms with Crippen LogP contribution in [0.15, 0.2) is 48.5 Å². The van der Waals surface area contributed by atoms with E-state index in [1.54, 1.807) is 17.0 Å². The summed E-state index contributed by atoms with van der Waals surface area (Å²) in [5, 5.41) is 13.7. The molecule has 1 heterocycles. The molecule has 0 saturated carbocycles. The zero-order valence-corrected chi connectivity index (χ0v) is 16.7. The molecular weight excluding hydrogens is 372 g/mol. The van der Waals surface area contributed by atoms with Crippen molar-refractivity contribution in [3.05, 3.63) is 58.6 Å². The minimum Gasteiger partial charge on any atom is -0.491 e. The van der Waals surface area contributed by atoms with E-state index in [4.69, 9.17) is 4.74 Å². The average Bonchev–Trinajstić information content (AvgIpc) is 2.73. The second-order valence-corrected chi connectivity index (χ2v) is 7.38. The zero-order chi connectivity index (χ0) is 20.8. The van der Waals surface area contributed by atoms with Crippen molar-refractivity contribution in [2.45, 2.75) is 13.8 Å². The highest BCUT2D eigenvalue weighted by atomic mass is 16.6. The molecule has 2 amide bonds. The molecule has 1 aliphatic rings. The summed E-state index contributed by atoms with van der Waals surface area (Å²) in [5.74, 6) is 1.06. The summed E-state index contributed by atoms with van der Waals surface area (Å²) in [4.78, 5) is 26.9. The number of rotatable bonds is 6. The van der Waals surface area contributed by atoms with Crippen molar-refractivity contribution in [1.29, 1.82) is 0 Å². The van der Waals surface area contributed by atoms with Crippen molar-refractivity contribution in [3.63, 3.8) is 0 Å². The van der Waals surface area contributed by atoms with E-state index in [-0.39, 0.29) is 11.7 Å². The van der Waals surface area contributed by atoms with Crippen LogP contribution >= 0.6 is 0 Å². The maximum atomic E-state index is 12.7. The molecule has 1 saturated heterocycles. The monoisotopic (exact) mass is 398 g/mol. The molecule has 1 aliphatic heterocycles. The molecule has 8 nitrogen and oxygen atoms in total. The van der Waals surface area contributed by atoms with Gasteiger partial charge in [0.15, 0.2) is 0 Å². The van der Waals surface area contributed by atoms with Crippen molar-refractivity contribution in [3.8, 4) is 5.75 Å². The van der Waals surface area contributed by atoms with Crippen LogP contribution in [0.1, 0.15) is 13.8 Å². The Labute approximate surface area is 170 Å². The van der Waals surface area contributed by atoms with Crippen LogP contribution in [0.5, 0.6) is 5.75 Å². The van der Waals surface area contributed by atoms with Gasteiger partial charge in [-0.05, 0) is 30.2 Å². The number of urea groups is 1. The fraction of sp³-hybridized carbons (Fsp3) is 0.381. The first-order valence-corrected chi connectivity index (χ1v) is 9.71. The predicted octanol–water partition coefficient (Wildman–Crippen LogP) is 3.98. The molecule has 0 bridgehead atoms. The normalized spacial score (nSPS) is 14.0. The summed E-state index contributed by atoms with van der Waals surface area (Å²) in [7, 11) is 0. The number of para-hydroxylation sites is 2. The number of nitro groups is 1. The minimum absolute atomic E-state index is 0.0742. The van der Waals surface area contributed by atoms with E-state index in [9.17, 15) is 14.9 Å². The van der Waals surface area contributed by atoms with Crippen LogP contribution in [0.3, 0.4) is 0 Å². The quantitative estimate of drug-likeness (QED) is 0.587. The first-order chi connectivity index (χ1) is 13.9. The third kappa shape index (κ3) is 5.37. The lowest BCUT2D eigenvalue weighted by atomic mass is 10.2. The molecule has 1 fully saturated rings. The molecule has 0 atom stereocenters. The first kappa shape index (κ1) is 20.4. The summed E-state index contributed by atoms with van der Waals surface area (Å²) >= 11 is 0. The number of anilines is 2. The molecule has 8 heteroatoms. The Kier molecular flexibility index (Phi) is 6.54. The zero-order valence-electron chi connectivity index (χ0n) is 16.7. The second-order valence-electron chi connectivity index (χ2n) is 7.38. The van der Waals surface area contributed by atoms with Crippen LogP contribution in [0, 0.1) is 16.0 Å². The van der Waals surface area contributed by atoms with Gasteiger partial charge in [0.1, 0.15) is 5.75 Å². The Morgan fingerprint density at radius 3 is 2.38 bits per heavy atom. The van der Waals surface area contributed by atoms with Gasteiger partial charge in [-0.3, -0.25) is 10.1 Å². The Bertz CT molecular complexity index is 846. The van der Waals surface area contributed by atoms with Gasteiger partial charge >= 0.3 is 6.03 Å². The van der Waals surface area contributed by atoms with E-state index in [1.165, 1.54) is 12.1 Å². The van der Waals surface area contributed by atoms with Gasteiger partial charge in [-0.25, -0.2) is 4.79 Å². The van der Waals surface area contributed by atoms with Crippen LogP contribution in [0.2, 0.25) is 0 Å². The van der Waals surface area contributed by atoms with Crippen molar-refractivity contribution >= 4 is 23.1 Å². The van der Waals surface area contributed by atoms with Crippen molar-refractivity contribution in [1.82, 2.24) is 4.90 Å². The molecular formula is C21H26N4O4. The lowest BCUT2D eigenvalue weighted by Gasteiger charge is -2.36. The van der Waals surface area contributed by atoms with Gasteiger partial charge in [0, 0.05) is 44.0 Å². The highest BCUT2D eigenvalue weighted by molar-refractivity contribution is 5.91. The highest BCUT2D eigenvalue weighted by Gasteiger charge is 2.22. The fourth-order valence-corrected chi connectivity index (χ4v) is 3.10. The Morgan fingerprint density at radius 2 is 1.76 bits per heavy atom. The summed E-state index contributed by atoms with van der Waals surface area (Å²) in [6, 6.07) is 13.8. The van der Waals surface area contributed by atoms with Gasteiger partial charge in [-0.15, -0.1) is 0 Å². The summed E-state index contributed by atoms with van der Waals surface area (Å²) < 4.78 is 5.80. The van der Waals surface area contributed by atoms with E-state index in [2.05, 4.69) is 24.1 Å². The maximum absolute atomic E-state index is 12.7. The SMILES string of the molecule is CC(C)COc1ccccc1NC(=O)N1CCN(c2ccc([N+](=O)[O-])cc2)CC1. The Morgan fingerprint density at radius 1 is 1.10 bits per heavy atom. The molecule has 1 N–H and O–H groups in total. The summed E-state index contributed by atoms with van der Waals surface area (Å²) in [6.45, 7) is 7.20. The lowest BCUT2D eigenvalue weighted by molar-refractivity contribution is -0.384. The van der Waals surface area contributed by atoms with Crippen LogP contribution < -0.4 is 15.0 Å². The summed E-state index contributed by atoms with van der Waals surface area (Å²) in [6.07, 6.45) is 0. The number of piperazine rings is 1. The Balaban J connectivity index is 1.56. The van der Waals surface area contributed by atoms with Crippen molar-refractivity contribution < 1.29 is 14.5 Å². The predicted molar refractivity (Wildman–Crippen MR) is 113 cm³/mol. The number of carbonyl (C=O) groups excluding carboxylic acids is 1. The molecule has 154 valence electrons. The van der Waals surface area contributed by atoms with Crippen molar-refractivity contribution in [2.75, 3.05) is 43.0 Å². The van der Waals surface area contributed by atoms with E-state index in [1.807, 2.05) is 24.3 Å². The largest absolute Gasteiger partial charge is 0.491 e. The molecule has 0 aromatic heterocycles. The minimum atomic E-state index is -0.408. The average molecular weight is 398 g/mol. The topological polar surface area (TPSA) is 88.0 Å². The molecule has 29 heavy (non-hydrogen) atoms. The molecule has 0 aliphatic carbocycles. The number of nitrogens with one attached hydrogen (secondary N) is 1. The van der Waals surface area contributed by atoms with E-state index < -0.39 is 4.92 Å². The summed E-state index contributed by atoms with van der Waals surface area (Å²) in [5.41, 5.74) is 1.66. The van der Waals surface area contributed by atoms with Gasteiger partial charge in [-0.1, -0.05) is 26.0 Å². The lowest BCUT2D eigenvalue weighted by Crippen LogP contribution is -2.50. The third-order valence-electron chi connectivity index (χ3n) is 4.69. The number of hydrogen-bond donors (Lipinski definition) is 1. The second kappa shape index (κ2) is 9.27. The molecule has 0 radical (unpaired) electrons. The molecule has 0 spiro atoms. The van der Waals surface area contributed by atoms with E-state index >= 15 is 0 Å². The number of ether oxygens (including phenoxy) is 1. The number of benzene rings is 2. The van der Waals surface area contributed by atoms with Gasteiger partial charge in [-0.2, -0.15) is 0 Å². The number of nitro benzene ring substituents is 1. The van der Waals surface area contributed by atoms with E-state index in [0.717, 1.165) is 5.69 Å². The molecule has 3 rings (SSSR count). The van der Waals surface area contributed by atoms with Crippen LogP contribution in [0.4, 0.5) is 21.9 Å². The van der Waals surface area contributed by atoms with Gasteiger partial charge in [0.25, 0.3) is 5.69 Å². The van der Waals surface area contributed by atoms with Crippen LogP contribution in [0.25, 0.3) is 0 Å². The number of non-ortho nitro benzene ring substituents is 1. The first-order valence-electron chi connectivity index (χ1n) is 9.71. The third-order valence-corrected chi connectivity index (χ3v) is 4.69. The standard InChI is InChI=1S/C21H26N4O4/c1-16(2)15-29-20-6-4-3-5-19(20)22-21(26)24-13-11-23(12-14-24)17-7-9-18(10-8-17)25(27)28/h3-10,16H,11-15H2,1-2H3,(H,22,26). The van der Waals surface area contributed by atoms with E-state index in [0.29, 0.717) is 50.1 Å². The highest BCUT2D eigenvalue weighted by Crippen LogP contribution is 2.25. The van der Waals surface area contributed by atoms with Crippen molar-refractivity contribution in [2.24, 2.45) is 5.92 Å². The number of nitrogens with zero attached hydrogens (tertiary/aromatic N) is 3. The molecule has 2 aromatic carbocycles. The van der Waals surface area contributed by atoms with Crippen LogP contribution in [-0.2, 0) is 0 Å². The number of carbonyl (C=O) groups is 1. The van der Waals surface area contributed by atoms with Gasteiger partial charge in [0.2, 0.25) is 0 Å². The molecule has 0 unspecified atom stereocenters. The van der Waals surface area contributed by atoms with Gasteiger partial charge in [0.05, 0.1) is 17.2 Å². The smallest absolute Gasteiger partial charge is 0.322 e. The maximum Gasteiger partial charge on any atom is 0.322 e. The fourth-order valence-electron chi connectivity index (χ4n) is 3.10.